The van der Waals surface area contributed by atoms with E-state index in [-0.39, 0.29) is 0 Å². The van der Waals surface area contributed by atoms with Gasteiger partial charge in [-0.05, 0) is 10.8 Å². The minimum Gasteiger partial charge on any atom is -0.481 e. The summed E-state index contributed by atoms with van der Waals surface area (Å²) >= 11 is 0. The summed E-state index contributed by atoms with van der Waals surface area (Å²) in [5.41, 5.74) is 0.454. The van der Waals surface area contributed by atoms with Gasteiger partial charge in [-0.1, -0.05) is 18.2 Å². The fourth-order valence-electron chi connectivity index (χ4n) is 1.41. The summed E-state index contributed by atoms with van der Waals surface area (Å²) < 4.78 is 4.99. The van der Waals surface area contributed by atoms with Gasteiger partial charge in [-0.15, -0.1) is 0 Å². The van der Waals surface area contributed by atoms with Crippen LogP contribution in [0, 0.1) is 0 Å². The molecule has 1 aromatic carbocycles. The van der Waals surface area contributed by atoms with Gasteiger partial charge in [0.25, 0.3) is 0 Å². The molecule has 0 saturated heterocycles. The van der Waals surface area contributed by atoms with Crippen LogP contribution >= 0.6 is 0 Å². The molecule has 0 saturated carbocycles. The zero-order valence-corrected chi connectivity index (χ0v) is 8.21. The van der Waals surface area contributed by atoms with Crippen molar-refractivity contribution in [2.24, 2.45) is 0 Å². The van der Waals surface area contributed by atoms with E-state index in [9.17, 15) is 0 Å². The number of rotatable bonds is 2. The lowest BCUT2D eigenvalue weighted by Gasteiger charge is -2.04. The van der Waals surface area contributed by atoms with E-state index in [2.05, 4.69) is 4.98 Å². The number of benzene rings is 1. The first-order chi connectivity index (χ1) is 7.20. The standard InChI is InChI=1S/C10H10BNO3/c1-15-10-5-8-4-9(11(13)14)3-2-7(8)6-12-10/h2-6,13-14H,1H3. The number of ether oxygens (including phenoxy) is 1. The largest absolute Gasteiger partial charge is 0.488 e. The molecular weight excluding hydrogens is 193 g/mol. The summed E-state index contributed by atoms with van der Waals surface area (Å²) in [7, 11) is 0.0902. The Morgan fingerprint density at radius 1 is 1.20 bits per heavy atom. The van der Waals surface area contributed by atoms with Crippen LogP contribution in [0.3, 0.4) is 0 Å². The molecule has 0 aliphatic heterocycles. The Balaban J connectivity index is 2.57. The van der Waals surface area contributed by atoms with Crippen LogP contribution in [-0.4, -0.2) is 29.3 Å². The third kappa shape index (κ3) is 1.93. The van der Waals surface area contributed by atoms with Gasteiger partial charge in [0.05, 0.1) is 7.11 Å². The second-order valence-corrected chi connectivity index (χ2v) is 3.21. The minimum absolute atomic E-state index is 0.454. The molecular formula is C10H10BNO3. The molecule has 0 aliphatic carbocycles. The van der Waals surface area contributed by atoms with Gasteiger partial charge in [-0.3, -0.25) is 0 Å². The van der Waals surface area contributed by atoms with Crippen LogP contribution in [0.1, 0.15) is 0 Å². The molecule has 2 rings (SSSR count). The summed E-state index contributed by atoms with van der Waals surface area (Å²) in [4.78, 5) is 4.05. The van der Waals surface area contributed by atoms with Crippen LogP contribution in [0.4, 0.5) is 0 Å². The molecule has 0 spiro atoms. The number of hydrogen-bond acceptors (Lipinski definition) is 4. The maximum absolute atomic E-state index is 9.02. The van der Waals surface area contributed by atoms with Crippen LogP contribution in [0.2, 0.25) is 0 Å². The first-order valence-electron chi connectivity index (χ1n) is 4.50. The van der Waals surface area contributed by atoms with E-state index in [1.807, 2.05) is 0 Å². The average Bonchev–Trinajstić information content (AvgIpc) is 2.27. The number of nitrogens with zero attached hydrogens (tertiary/aromatic N) is 1. The molecule has 0 amide bonds. The molecule has 0 bridgehead atoms. The molecule has 1 aromatic heterocycles. The van der Waals surface area contributed by atoms with Crippen LogP contribution in [0.25, 0.3) is 10.8 Å². The predicted molar refractivity (Wildman–Crippen MR) is 58.1 cm³/mol. The van der Waals surface area contributed by atoms with Gasteiger partial charge in [-0.25, -0.2) is 4.98 Å². The van der Waals surface area contributed by atoms with E-state index >= 15 is 0 Å². The van der Waals surface area contributed by atoms with Crippen LogP contribution in [0.5, 0.6) is 5.88 Å². The first kappa shape index (κ1) is 9.95. The van der Waals surface area contributed by atoms with Crippen molar-refractivity contribution in [3.8, 4) is 5.88 Å². The molecule has 1 heterocycles. The Bertz CT molecular complexity index is 487. The molecule has 15 heavy (non-hydrogen) atoms. The van der Waals surface area contributed by atoms with E-state index in [0.717, 1.165) is 10.8 Å². The van der Waals surface area contributed by atoms with Crippen LogP contribution < -0.4 is 10.2 Å². The maximum atomic E-state index is 9.02. The van der Waals surface area contributed by atoms with Crippen molar-refractivity contribution >= 4 is 23.4 Å². The van der Waals surface area contributed by atoms with Gasteiger partial charge in [0.2, 0.25) is 5.88 Å². The van der Waals surface area contributed by atoms with Crippen molar-refractivity contribution < 1.29 is 14.8 Å². The first-order valence-corrected chi connectivity index (χ1v) is 4.50. The number of fused-ring (bicyclic) bond motifs is 1. The topological polar surface area (TPSA) is 62.6 Å². The van der Waals surface area contributed by atoms with Crippen molar-refractivity contribution in [2.75, 3.05) is 7.11 Å². The lowest BCUT2D eigenvalue weighted by atomic mass is 9.79. The van der Waals surface area contributed by atoms with E-state index in [1.54, 1.807) is 37.6 Å². The van der Waals surface area contributed by atoms with E-state index in [1.165, 1.54) is 0 Å². The Hall–Kier alpha value is -1.59. The molecule has 0 atom stereocenters. The SMILES string of the molecule is COc1cc2cc(B(O)O)ccc2cn1. The smallest absolute Gasteiger partial charge is 0.481 e. The fourth-order valence-corrected chi connectivity index (χ4v) is 1.41. The van der Waals surface area contributed by atoms with Crippen molar-refractivity contribution in [1.29, 1.82) is 0 Å². The predicted octanol–water partition coefficient (Wildman–Crippen LogP) is -0.0768. The Morgan fingerprint density at radius 3 is 2.67 bits per heavy atom. The monoisotopic (exact) mass is 203 g/mol. The maximum Gasteiger partial charge on any atom is 0.488 e. The lowest BCUT2D eigenvalue weighted by Crippen LogP contribution is -2.29. The molecule has 0 fully saturated rings. The van der Waals surface area contributed by atoms with Gasteiger partial charge in [0, 0.05) is 17.6 Å². The quantitative estimate of drug-likeness (QED) is 0.670. The van der Waals surface area contributed by atoms with E-state index < -0.39 is 7.12 Å². The van der Waals surface area contributed by atoms with E-state index in [4.69, 9.17) is 14.8 Å². The highest BCUT2D eigenvalue weighted by Crippen LogP contribution is 2.16. The molecule has 5 heteroatoms. The summed E-state index contributed by atoms with van der Waals surface area (Å²) in [6.45, 7) is 0. The molecule has 2 aromatic rings. The van der Waals surface area contributed by atoms with Gasteiger partial charge in [0.15, 0.2) is 0 Å². The highest BCUT2D eigenvalue weighted by atomic mass is 16.5. The second-order valence-electron chi connectivity index (χ2n) is 3.21. The lowest BCUT2D eigenvalue weighted by molar-refractivity contribution is 0.398. The second kappa shape index (κ2) is 3.88. The average molecular weight is 203 g/mol. The minimum atomic E-state index is -1.45. The van der Waals surface area contributed by atoms with Crippen LogP contribution in [0.15, 0.2) is 30.5 Å². The van der Waals surface area contributed by atoms with Gasteiger partial charge in [0.1, 0.15) is 0 Å². The van der Waals surface area contributed by atoms with Crippen molar-refractivity contribution in [1.82, 2.24) is 4.98 Å². The Kier molecular flexibility index (Phi) is 2.57. The highest BCUT2D eigenvalue weighted by molar-refractivity contribution is 6.58. The fraction of sp³-hybridized carbons (Fsp3) is 0.100. The van der Waals surface area contributed by atoms with E-state index in [0.29, 0.717) is 11.3 Å². The summed E-state index contributed by atoms with van der Waals surface area (Å²) in [5, 5.41) is 19.8. The normalized spacial score (nSPS) is 10.3. The summed E-state index contributed by atoms with van der Waals surface area (Å²) in [6.07, 6.45) is 1.68. The molecule has 76 valence electrons. The number of methoxy groups -OCH3 is 1. The summed E-state index contributed by atoms with van der Waals surface area (Å²) in [5.74, 6) is 0.507. The van der Waals surface area contributed by atoms with Crippen molar-refractivity contribution in [3.63, 3.8) is 0 Å². The third-order valence-corrected chi connectivity index (χ3v) is 2.23. The number of aromatic nitrogens is 1. The number of pyridine rings is 1. The zero-order valence-electron chi connectivity index (χ0n) is 8.21. The molecule has 0 radical (unpaired) electrons. The highest BCUT2D eigenvalue weighted by Gasteiger charge is 2.11. The molecule has 2 N–H and O–H groups in total. The van der Waals surface area contributed by atoms with Crippen molar-refractivity contribution in [2.45, 2.75) is 0 Å². The van der Waals surface area contributed by atoms with Crippen LogP contribution in [-0.2, 0) is 0 Å². The zero-order chi connectivity index (χ0) is 10.8. The molecule has 0 aliphatic rings. The number of hydrogen-bond donors (Lipinski definition) is 2. The molecule has 0 unspecified atom stereocenters. The third-order valence-electron chi connectivity index (χ3n) is 2.23. The Morgan fingerprint density at radius 2 is 2.00 bits per heavy atom. The van der Waals surface area contributed by atoms with Gasteiger partial charge in [-0.2, -0.15) is 0 Å². The van der Waals surface area contributed by atoms with Crippen molar-refractivity contribution in [3.05, 3.63) is 30.5 Å². The summed E-state index contributed by atoms with van der Waals surface area (Å²) in [6, 6.07) is 6.89. The Labute approximate surface area is 87.3 Å². The molecule has 4 nitrogen and oxygen atoms in total. The van der Waals surface area contributed by atoms with Gasteiger partial charge >= 0.3 is 7.12 Å². The van der Waals surface area contributed by atoms with Gasteiger partial charge < -0.3 is 14.8 Å².